The average molecular weight is 350 g/mol. The molecule has 0 radical (unpaired) electrons. The fourth-order valence-electron chi connectivity index (χ4n) is 3.46. The van der Waals surface area contributed by atoms with Crippen LogP contribution in [-0.4, -0.2) is 34.0 Å². The van der Waals surface area contributed by atoms with Gasteiger partial charge in [-0.3, -0.25) is 4.79 Å². The molecule has 1 amide bonds. The molecule has 0 aliphatic carbocycles. The van der Waals surface area contributed by atoms with E-state index in [9.17, 15) is 14.3 Å². The topological polar surface area (TPSA) is 56.3 Å². The number of hydrogen-bond donors (Lipinski definition) is 2. The molecule has 0 unspecified atom stereocenters. The Morgan fingerprint density at radius 1 is 1.23 bits per heavy atom. The Bertz CT molecular complexity index is 1040. The number of nitrogens with one attached hydrogen (secondary N) is 1. The van der Waals surface area contributed by atoms with Gasteiger partial charge in [0.05, 0.1) is 5.56 Å². The number of aromatic nitrogens is 1. The second-order valence-corrected chi connectivity index (χ2v) is 6.64. The van der Waals surface area contributed by atoms with Gasteiger partial charge >= 0.3 is 0 Å². The number of H-pyrrole nitrogens is 1. The summed E-state index contributed by atoms with van der Waals surface area (Å²) in [6.07, 6.45) is 4.63. The quantitative estimate of drug-likeness (QED) is 0.726. The van der Waals surface area contributed by atoms with Crippen LogP contribution < -0.4 is 0 Å². The molecule has 0 bridgehead atoms. The Kier molecular flexibility index (Phi) is 3.99. The fraction of sp³-hybridized carbons (Fsp3) is 0.190. The molecule has 3 aromatic rings. The molecule has 0 spiro atoms. The van der Waals surface area contributed by atoms with Crippen LogP contribution in [0.15, 0.2) is 48.7 Å². The number of aromatic hydroxyl groups is 1. The number of carbonyl (C=O) groups is 1. The van der Waals surface area contributed by atoms with Crippen LogP contribution in [0.3, 0.4) is 0 Å². The molecule has 2 heterocycles. The zero-order chi connectivity index (χ0) is 18.3. The first kappa shape index (κ1) is 16.4. The van der Waals surface area contributed by atoms with Crippen molar-refractivity contribution in [2.24, 2.45) is 0 Å². The largest absolute Gasteiger partial charge is 0.507 e. The van der Waals surface area contributed by atoms with Crippen LogP contribution in [0, 0.1) is 12.7 Å². The van der Waals surface area contributed by atoms with E-state index in [4.69, 9.17) is 0 Å². The van der Waals surface area contributed by atoms with Crippen LogP contribution in [0.1, 0.15) is 27.9 Å². The monoisotopic (exact) mass is 350 g/mol. The molecule has 132 valence electrons. The Balaban J connectivity index is 1.57. The summed E-state index contributed by atoms with van der Waals surface area (Å²) in [7, 11) is 0. The highest BCUT2D eigenvalue weighted by Gasteiger charge is 2.22. The van der Waals surface area contributed by atoms with Crippen LogP contribution in [0.5, 0.6) is 5.75 Å². The first-order valence-corrected chi connectivity index (χ1v) is 8.58. The SMILES string of the molecule is Cc1ccc(C(=O)N2CC=C(c3c[nH]c4cc(F)ccc34)CC2)c(O)c1. The number of halogens is 1. The first-order valence-electron chi connectivity index (χ1n) is 8.58. The van der Waals surface area contributed by atoms with Gasteiger partial charge in [-0.25, -0.2) is 4.39 Å². The van der Waals surface area contributed by atoms with Crippen LogP contribution >= 0.6 is 0 Å². The average Bonchev–Trinajstić information content (AvgIpc) is 3.04. The maximum absolute atomic E-state index is 13.3. The molecular formula is C21H19FN2O2. The van der Waals surface area contributed by atoms with Crippen molar-refractivity contribution in [3.8, 4) is 5.75 Å². The maximum Gasteiger partial charge on any atom is 0.257 e. The molecule has 5 heteroatoms. The summed E-state index contributed by atoms with van der Waals surface area (Å²) in [5, 5.41) is 11.0. The number of aryl methyl sites for hydroxylation is 1. The number of phenols is 1. The van der Waals surface area contributed by atoms with E-state index >= 15 is 0 Å². The van der Waals surface area contributed by atoms with E-state index in [1.807, 2.05) is 25.3 Å². The Hall–Kier alpha value is -3.08. The van der Waals surface area contributed by atoms with Gasteiger partial charge in [0.15, 0.2) is 0 Å². The summed E-state index contributed by atoms with van der Waals surface area (Å²) in [5.41, 5.74) is 4.19. The van der Waals surface area contributed by atoms with E-state index in [1.54, 1.807) is 23.1 Å². The summed E-state index contributed by atoms with van der Waals surface area (Å²) in [6, 6.07) is 9.81. The second kappa shape index (κ2) is 6.33. The first-order chi connectivity index (χ1) is 12.5. The molecule has 4 nitrogen and oxygen atoms in total. The van der Waals surface area contributed by atoms with E-state index < -0.39 is 0 Å². The van der Waals surface area contributed by atoms with Crippen molar-refractivity contribution in [3.63, 3.8) is 0 Å². The number of nitrogens with zero attached hydrogens (tertiary/aromatic N) is 1. The third-order valence-electron chi connectivity index (χ3n) is 4.87. The number of benzene rings is 2. The molecule has 0 saturated heterocycles. The number of fused-ring (bicyclic) bond motifs is 1. The molecule has 4 rings (SSSR count). The van der Waals surface area contributed by atoms with Crippen LogP contribution in [0.2, 0.25) is 0 Å². The predicted molar refractivity (Wildman–Crippen MR) is 99.6 cm³/mol. The lowest BCUT2D eigenvalue weighted by Gasteiger charge is -2.27. The number of carbonyl (C=O) groups excluding carboxylic acids is 1. The van der Waals surface area contributed by atoms with Crippen molar-refractivity contribution in [2.45, 2.75) is 13.3 Å². The lowest BCUT2D eigenvalue weighted by atomic mass is 9.98. The Morgan fingerprint density at radius 2 is 2.08 bits per heavy atom. The third-order valence-corrected chi connectivity index (χ3v) is 4.87. The lowest BCUT2D eigenvalue weighted by Crippen LogP contribution is -2.34. The van der Waals surface area contributed by atoms with Gasteiger partial charge in [0.25, 0.3) is 5.91 Å². The van der Waals surface area contributed by atoms with Crippen molar-refractivity contribution in [1.82, 2.24) is 9.88 Å². The number of amides is 1. The molecule has 1 aliphatic heterocycles. The molecule has 0 fully saturated rings. The van der Waals surface area contributed by atoms with Crippen molar-refractivity contribution in [3.05, 3.63) is 71.2 Å². The second-order valence-electron chi connectivity index (χ2n) is 6.64. The minimum Gasteiger partial charge on any atom is -0.507 e. The molecule has 0 saturated carbocycles. The molecule has 1 aromatic heterocycles. The van der Waals surface area contributed by atoms with E-state index in [2.05, 4.69) is 4.98 Å². The van der Waals surface area contributed by atoms with Crippen molar-refractivity contribution < 1.29 is 14.3 Å². The van der Waals surface area contributed by atoms with E-state index in [-0.39, 0.29) is 17.5 Å². The summed E-state index contributed by atoms with van der Waals surface area (Å²) in [5.74, 6) is -0.416. The molecular weight excluding hydrogens is 331 g/mol. The highest BCUT2D eigenvalue weighted by Crippen LogP contribution is 2.30. The summed E-state index contributed by atoms with van der Waals surface area (Å²) in [6.45, 7) is 2.93. The van der Waals surface area contributed by atoms with Crippen LogP contribution in [0.25, 0.3) is 16.5 Å². The lowest BCUT2D eigenvalue weighted by molar-refractivity contribution is 0.0770. The fourth-order valence-corrected chi connectivity index (χ4v) is 3.46. The Morgan fingerprint density at radius 3 is 2.81 bits per heavy atom. The van der Waals surface area contributed by atoms with Gasteiger partial charge < -0.3 is 15.0 Å². The zero-order valence-corrected chi connectivity index (χ0v) is 14.4. The van der Waals surface area contributed by atoms with Crippen molar-refractivity contribution >= 4 is 22.4 Å². The minimum atomic E-state index is -0.266. The highest BCUT2D eigenvalue weighted by molar-refractivity contribution is 5.98. The molecule has 1 aliphatic rings. The van der Waals surface area contributed by atoms with E-state index in [1.165, 1.54) is 12.1 Å². The number of aromatic amines is 1. The van der Waals surface area contributed by atoms with Gasteiger partial charge in [0.2, 0.25) is 0 Å². The third kappa shape index (κ3) is 2.86. The van der Waals surface area contributed by atoms with E-state index in [0.29, 0.717) is 25.1 Å². The van der Waals surface area contributed by atoms with Gasteiger partial charge in [-0.05, 0) is 54.8 Å². The van der Waals surface area contributed by atoms with Gasteiger partial charge in [-0.2, -0.15) is 0 Å². The summed E-state index contributed by atoms with van der Waals surface area (Å²) in [4.78, 5) is 17.5. The minimum absolute atomic E-state index is 0.0171. The van der Waals surface area contributed by atoms with Crippen molar-refractivity contribution in [1.29, 1.82) is 0 Å². The van der Waals surface area contributed by atoms with Crippen LogP contribution in [-0.2, 0) is 0 Å². The molecule has 2 N–H and O–H groups in total. The number of hydrogen-bond acceptors (Lipinski definition) is 2. The van der Waals surface area contributed by atoms with Crippen LogP contribution in [0.4, 0.5) is 4.39 Å². The maximum atomic E-state index is 13.3. The van der Waals surface area contributed by atoms with E-state index in [0.717, 1.165) is 27.6 Å². The van der Waals surface area contributed by atoms with Gasteiger partial charge in [-0.15, -0.1) is 0 Å². The summed E-state index contributed by atoms with van der Waals surface area (Å²) < 4.78 is 13.3. The molecule has 0 atom stereocenters. The number of rotatable bonds is 2. The predicted octanol–water partition coefficient (Wildman–Crippen LogP) is 4.25. The van der Waals surface area contributed by atoms with Crippen molar-refractivity contribution in [2.75, 3.05) is 13.1 Å². The highest BCUT2D eigenvalue weighted by atomic mass is 19.1. The van der Waals surface area contributed by atoms with Gasteiger partial charge in [-0.1, -0.05) is 12.1 Å². The molecule has 26 heavy (non-hydrogen) atoms. The molecule has 2 aromatic carbocycles. The van der Waals surface area contributed by atoms with Gasteiger partial charge in [0, 0.05) is 35.8 Å². The zero-order valence-electron chi connectivity index (χ0n) is 14.4. The number of phenolic OH excluding ortho intramolecular Hbond substituents is 1. The Labute approximate surface area is 150 Å². The smallest absolute Gasteiger partial charge is 0.257 e. The summed E-state index contributed by atoms with van der Waals surface area (Å²) >= 11 is 0. The van der Waals surface area contributed by atoms with Gasteiger partial charge in [0.1, 0.15) is 11.6 Å². The standard InChI is InChI=1S/C21H19FN2O2/c1-13-2-4-17(20(25)10-13)21(26)24-8-6-14(7-9-24)18-12-23-19-11-15(22)3-5-16(18)19/h2-6,10-12,23,25H,7-9H2,1H3. The normalized spacial score (nSPS) is 14.5.